The van der Waals surface area contributed by atoms with Crippen LogP contribution in [0, 0.1) is 22.7 Å². The standard InChI is InChI=1S/C24H33FO6/c1-4-5-19-30-18-11-16-15-7-6-13-10-14(26)8-9-21(13,2)23(15,25)17(27)12-22(16,3)24(18,31-19)20(28)29/h10,15-19,27H,4-9,11-12H2,1-3H3,(H,28,29)/t15-,16-,17-,18+,19?,21-,22-,23-,24-/m0/s1. The number of aliphatic carboxylic acids is 1. The van der Waals surface area contributed by atoms with Gasteiger partial charge >= 0.3 is 5.97 Å². The summed E-state index contributed by atoms with van der Waals surface area (Å²) in [5.74, 6) is -1.84. The Morgan fingerprint density at radius 1 is 1.29 bits per heavy atom. The molecule has 1 unspecified atom stereocenters. The molecule has 4 fully saturated rings. The first kappa shape index (κ1) is 21.5. The van der Waals surface area contributed by atoms with E-state index in [-0.39, 0.29) is 24.5 Å². The Bertz CT molecular complexity index is 857. The number of carbonyl (C=O) groups is 2. The molecule has 31 heavy (non-hydrogen) atoms. The van der Waals surface area contributed by atoms with E-state index < -0.39 is 52.5 Å². The van der Waals surface area contributed by atoms with Crippen LogP contribution in [0.25, 0.3) is 0 Å². The van der Waals surface area contributed by atoms with Crippen molar-refractivity contribution in [3.8, 4) is 0 Å². The van der Waals surface area contributed by atoms with E-state index in [9.17, 15) is 19.8 Å². The fourth-order valence-corrected chi connectivity index (χ4v) is 8.12. The van der Waals surface area contributed by atoms with E-state index in [4.69, 9.17) is 9.47 Å². The van der Waals surface area contributed by atoms with E-state index in [0.717, 1.165) is 12.0 Å². The summed E-state index contributed by atoms with van der Waals surface area (Å²) in [5, 5.41) is 21.7. The summed E-state index contributed by atoms with van der Waals surface area (Å²) in [6, 6.07) is 0. The zero-order chi connectivity index (χ0) is 22.4. The first-order chi connectivity index (χ1) is 14.5. The number of halogens is 1. The number of allylic oxidation sites excluding steroid dienone is 1. The van der Waals surface area contributed by atoms with E-state index >= 15 is 4.39 Å². The maximum Gasteiger partial charge on any atom is 0.339 e. The van der Waals surface area contributed by atoms with Gasteiger partial charge in [0, 0.05) is 23.2 Å². The van der Waals surface area contributed by atoms with Gasteiger partial charge < -0.3 is 19.7 Å². The molecule has 4 aliphatic carbocycles. The van der Waals surface area contributed by atoms with Gasteiger partial charge in [-0.05, 0) is 50.5 Å². The van der Waals surface area contributed by atoms with Gasteiger partial charge in [0.15, 0.2) is 17.7 Å². The van der Waals surface area contributed by atoms with Crippen LogP contribution in [0.5, 0.6) is 0 Å². The number of fused-ring (bicyclic) bond motifs is 7. The Morgan fingerprint density at radius 2 is 2.03 bits per heavy atom. The summed E-state index contributed by atoms with van der Waals surface area (Å²) < 4.78 is 29.4. The second-order valence-corrected chi connectivity index (χ2v) is 10.9. The highest BCUT2D eigenvalue weighted by atomic mass is 19.1. The normalized spacial score (nSPS) is 53.3. The lowest BCUT2D eigenvalue weighted by Crippen LogP contribution is -2.70. The highest BCUT2D eigenvalue weighted by Gasteiger charge is 2.80. The number of aliphatic hydroxyl groups excluding tert-OH is 1. The van der Waals surface area contributed by atoms with Gasteiger partial charge in [0.2, 0.25) is 0 Å². The summed E-state index contributed by atoms with van der Waals surface area (Å²) >= 11 is 0. The number of carboxylic acid groups (broad SMARTS) is 1. The zero-order valence-electron chi connectivity index (χ0n) is 18.5. The first-order valence-corrected chi connectivity index (χ1v) is 11.7. The summed E-state index contributed by atoms with van der Waals surface area (Å²) in [6.07, 6.45) is 2.60. The van der Waals surface area contributed by atoms with E-state index in [2.05, 4.69) is 0 Å². The minimum absolute atomic E-state index is 0.00644. The maximum absolute atomic E-state index is 17.1. The molecule has 1 heterocycles. The third-order valence-electron chi connectivity index (χ3n) is 9.68. The number of carbonyl (C=O) groups excluding carboxylic acids is 1. The number of ketones is 1. The van der Waals surface area contributed by atoms with Gasteiger partial charge in [-0.2, -0.15) is 0 Å². The number of rotatable bonds is 3. The summed E-state index contributed by atoms with van der Waals surface area (Å²) in [7, 11) is 0. The average molecular weight is 437 g/mol. The quantitative estimate of drug-likeness (QED) is 0.703. The van der Waals surface area contributed by atoms with Crippen molar-refractivity contribution in [1.29, 1.82) is 0 Å². The molecule has 6 nitrogen and oxygen atoms in total. The van der Waals surface area contributed by atoms with Gasteiger partial charge in [0.1, 0.15) is 11.8 Å². The molecule has 2 N–H and O–H groups in total. The monoisotopic (exact) mass is 436 g/mol. The topological polar surface area (TPSA) is 93.1 Å². The maximum atomic E-state index is 17.1. The first-order valence-electron chi connectivity index (χ1n) is 11.7. The van der Waals surface area contributed by atoms with Crippen molar-refractivity contribution in [1.82, 2.24) is 0 Å². The molecule has 172 valence electrons. The molecule has 0 amide bonds. The van der Waals surface area contributed by atoms with E-state index in [1.807, 2.05) is 20.8 Å². The number of alkyl halides is 1. The molecule has 0 bridgehead atoms. The van der Waals surface area contributed by atoms with Crippen LogP contribution in [0.4, 0.5) is 4.39 Å². The second kappa shape index (κ2) is 6.61. The highest BCUT2D eigenvalue weighted by Crippen LogP contribution is 2.72. The molecule has 0 aromatic rings. The van der Waals surface area contributed by atoms with Crippen molar-refractivity contribution >= 4 is 11.8 Å². The van der Waals surface area contributed by atoms with Crippen molar-refractivity contribution in [2.24, 2.45) is 22.7 Å². The lowest BCUT2D eigenvalue weighted by atomic mass is 9.44. The number of hydrogen-bond acceptors (Lipinski definition) is 5. The van der Waals surface area contributed by atoms with Crippen molar-refractivity contribution < 1.29 is 33.7 Å². The van der Waals surface area contributed by atoms with Crippen molar-refractivity contribution in [3.63, 3.8) is 0 Å². The number of carboxylic acids is 1. The zero-order valence-corrected chi connectivity index (χ0v) is 18.5. The Kier molecular flexibility index (Phi) is 4.59. The third kappa shape index (κ3) is 2.38. The van der Waals surface area contributed by atoms with Gasteiger partial charge in [-0.15, -0.1) is 0 Å². The Morgan fingerprint density at radius 3 is 2.71 bits per heavy atom. The van der Waals surface area contributed by atoms with Gasteiger partial charge in [-0.3, -0.25) is 4.79 Å². The number of aliphatic hydroxyl groups is 1. The van der Waals surface area contributed by atoms with Crippen molar-refractivity contribution in [2.45, 2.75) is 102 Å². The predicted molar refractivity (Wildman–Crippen MR) is 109 cm³/mol. The average Bonchev–Trinajstić information content (AvgIpc) is 3.17. The van der Waals surface area contributed by atoms with Crippen LogP contribution >= 0.6 is 0 Å². The van der Waals surface area contributed by atoms with E-state index in [1.165, 1.54) is 0 Å². The summed E-state index contributed by atoms with van der Waals surface area (Å²) in [6.45, 7) is 5.68. The van der Waals surface area contributed by atoms with Crippen LogP contribution in [0.3, 0.4) is 0 Å². The Hall–Kier alpha value is -1.31. The fourth-order valence-electron chi connectivity index (χ4n) is 8.12. The van der Waals surface area contributed by atoms with Crippen LogP contribution in [0.2, 0.25) is 0 Å². The van der Waals surface area contributed by atoms with Crippen LogP contribution in [-0.2, 0) is 19.1 Å². The molecule has 0 spiro atoms. The van der Waals surface area contributed by atoms with E-state index in [1.54, 1.807) is 6.08 Å². The molecule has 5 rings (SSSR count). The molecule has 1 aliphatic heterocycles. The SMILES string of the molecule is CCCC1O[C@@H]2C[C@H]3[C@@H]4CCC5=CC(=O)CC[C@]5(C)[C@@]4(F)[C@@H](O)C[C@]3(C)[C@]2(C(=O)O)O1. The molecule has 1 saturated heterocycles. The Balaban J connectivity index is 1.58. The van der Waals surface area contributed by atoms with Crippen LogP contribution in [0.1, 0.15) is 72.1 Å². The fraction of sp³-hybridized carbons (Fsp3) is 0.833. The van der Waals surface area contributed by atoms with Gasteiger partial charge in [0.25, 0.3) is 0 Å². The minimum atomic E-state index is -1.90. The highest BCUT2D eigenvalue weighted by molar-refractivity contribution is 5.91. The third-order valence-corrected chi connectivity index (χ3v) is 9.68. The molecule has 0 aromatic heterocycles. The van der Waals surface area contributed by atoms with Crippen molar-refractivity contribution in [3.05, 3.63) is 11.6 Å². The lowest BCUT2D eigenvalue weighted by Gasteiger charge is -2.63. The molecule has 3 saturated carbocycles. The van der Waals surface area contributed by atoms with Gasteiger partial charge in [-0.1, -0.05) is 32.8 Å². The van der Waals surface area contributed by atoms with Gasteiger partial charge in [0.05, 0.1) is 6.10 Å². The van der Waals surface area contributed by atoms with Gasteiger partial charge in [-0.25, -0.2) is 9.18 Å². The molecule has 9 atom stereocenters. The van der Waals surface area contributed by atoms with Crippen LogP contribution in [-0.4, -0.2) is 51.7 Å². The van der Waals surface area contributed by atoms with Crippen LogP contribution in [0.15, 0.2) is 11.6 Å². The molecular weight excluding hydrogens is 403 g/mol. The van der Waals surface area contributed by atoms with E-state index in [0.29, 0.717) is 32.1 Å². The van der Waals surface area contributed by atoms with Crippen LogP contribution < -0.4 is 0 Å². The largest absolute Gasteiger partial charge is 0.479 e. The predicted octanol–water partition coefficient (Wildman–Crippen LogP) is 3.56. The summed E-state index contributed by atoms with van der Waals surface area (Å²) in [5.41, 5.74) is -4.52. The molecule has 0 radical (unpaired) electrons. The Labute approximate surface area is 182 Å². The molecule has 5 aliphatic rings. The second-order valence-electron chi connectivity index (χ2n) is 10.9. The number of ether oxygens (including phenoxy) is 2. The smallest absolute Gasteiger partial charge is 0.339 e. The number of hydrogen-bond donors (Lipinski definition) is 2. The molecule has 7 heteroatoms. The lowest BCUT2D eigenvalue weighted by molar-refractivity contribution is -0.242. The minimum Gasteiger partial charge on any atom is -0.479 e. The summed E-state index contributed by atoms with van der Waals surface area (Å²) in [4.78, 5) is 24.7. The molecule has 0 aromatic carbocycles. The molecular formula is C24H33FO6. The van der Waals surface area contributed by atoms with Crippen molar-refractivity contribution in [2.75, 3.05) is 0 Å².